The number of piperidine rings is 1. The Morgan fingerprint density at radius 3 is 2.71 bits per heavy atom. The van der Waals surface area contributed by atoms with Gasteiger partial charge in [0.15, 0.2) is 0 Å². The third-order valence-electron chi connectivity index (χ3n) is 3.81. The van der Waals surface area contributed by atoms with E-state index in [9.17, 15) is 8.42 Å². The van der Waals surface area contributed by atoms with E-state index >= 15 is 0 Å². The van der Waals surface area contributed by atoms with Gasteiger partial charge in [0.2, 0.25) is 10.0 Å². The molecule has 1 unspecified atom stereocenters. The summed E-state index contributed by atoms with van der Waals surface area (Å²) in [6.45, 7) is 9.29. The maximum absolute atomic E-state index is 12.8. The van der Waals surface area contributed by atoms with Gasteiger partial charge in [-0.1, -0.05) is 6.42 Å². The maximum Gasteiger partial charge on any atom is 0.246 e. The molecule has 0 aliphatic carbocycles. The summed E-state index contributed by atoms with van der Waals surface area (Å²) in [6.07, 6.45) is 4.31. The van der Waals surface area contributed by atoms with Crippen LogP contribution in [0.15, 0.2) is 11.1 Å². The summed E-state index contributed by atoms with van der Waals surface area (Å²) in [5, 5.41) is 9.98. The second kappa shape index (κ2) is 6.06. The molecule has 0 bridgehead atoms. The lowest BCUT2D eigenvalue weighted by Gasteiger charge is -2.36. The van der Waals surface area contributed by atoms with Crippen LogP contribution >= 0.6 is 0 Å². The zero-order chi connectivity index (χ0) is 15.7. The molecule has 1 aromatic heterocycles. The Morgan fingerprint density at radius 2 is 2.14 bits per heavy atom. The van der Waals surface area contributed by atoms with Crippen molar-refractivity contribution in [2.45, 2.75) is 63.4 Å². The van der Waals surface area contributed by atoms with E-state index in [0.717, 1.165) is 19.3 Å². The van der Waals surface area contributed by atoms with E-state index < -0.39 is 10.0 Å². The van der Waals surface area contributed by atoms with Crippen molar-refractivity contribution >= 4 is 10.0 Å². The highest BCUT2D eigenvalue weighted by molar-refractivity contribution is 7.89. The first kappa shape index (κ1) is 16.5. The van der Waals surface area contributed by atoms with E-state index in [4.69, 9.17) is 0 Å². The minimum atomic E-state index is -3.47. The van der Waals surface area contributed by atoms with E-state index in [2.05, 4.69) is 36.3 Å². The first-order chi connectivity index (χ1) is 9.72. The monoisotopic (exact) mass is 314 g/mol. The first-order valence-electron chi connectivity index (χ1n) is 7.48. The predicted molar refractivity (Wildman–Crippen MR) is 82.6 cm³/mol. The molecule has 7 heteroatoms. The van der Waals surface area contributed by atoms with Crippen LogP contribution in [0.2, 0.25) is 0 Å². The van der Waals surface area contributed by atoms with Crippen molar-refractivity contribution in [1.29, 1.82) is 0 Å². The summed E-state index contributed by atoms with van der Waals surface area (Å²) in [4.78, 5) is 0.296. The summed E-state index contributed by atoms with van der Waals surface area (Å²) in [7, 11) is -3.47. The number of hydrogen-bond acceptors (Lipinski definition) is 4. The van der Waals surface area contributed by atoms with Crippen molar-refractivity contribution in [2.75, 3.05) is 13.1 Å². The van der Waals surface area contributed by atoms with Crippen LogP contribution < -0.4 is 5.32 Å². The lowest BCUT2D eigenvalue weighted by molar-refractivity contribution is 0.230. The minimum absolute atomic E-state index is 0.0114. The van der Waals surface area contributed by atoms with Gasteiger partial charge < -0.3 is 5.32 Å². The second-order valence-corrected chi connectivity index (χ2v) is 8.61. The highest BCUT2D eigenvalue weighted by Crippen LogP contribution is 2.26. The van der Waals surface area contributed by atoms with Crippen molar-refractivity contribution < 1.29 is 8.42 Å². The van der Waals surface area contributed by atoms with Crippen LogP contribution in [0, 0.1) is 6.92 Å². The van der Waals surface area contributed by atoms with Crippen LogP contribution in [0.25, 0.3) is 0 Å². The molecule has 1 saturated heterocycles. The van der Waals surface area contributed by atoms with Crippen LogP contribution in [0.4, 0.5) is 0 Å². The normalized spacial score (nSPS) is 21.6. The van der Waals surface area contributed by atoms with Crippen LogP contribution in [0.1, 0.15) is 45.7 Å². The molecule has 0 radical (unpaired) electrons. The number of nitrogens with one attached hydrogen (secondary N) is 2. The molecule has 6 nitrogen and oxygen atoms in total. The van der Waals surface area contributed by atoms with Crippen molar-refractivity contribution in [1.82, 2.24) is 19.8 Å². The summed E-state index contributed by atoms with van der Waals surface area (Å²) in [5.41, 5.74) is 0.585. The topological polar surface area (TPSA) is 78.1 Å². The van der Waals surface area contributed by atoms with Gasteiger partial charge in [0.25, 0.3) is 0 Å². The number of aryl methyl sites for hydroxylation is 1. The molecule has 0 amide bonds. The van der Waals surface area contributed by atoms with Gasteiger partial charge in [-0.2, -0.15) is 9.40 Å². The Morgan fingerprint density at radius 1 is 1.43 bits per heavy atom. The molecular formula is C14H26N4O2S. The average Bonchev–Trinajstić information content (AvgIpc) is 2.83. The number of aromatic amines is 1. The Labute approximate surface area is 127 Å². The number of H-pyrrole nitrogens is 1. The Hall–Kier alpha value is -0.920. The minimum Gasteiger partial charge on any atom is -0.310 e. The molecule has 2 heterocycles. The molecule has 0 saturated carbocycles. The largest absolute Gasteiger partial charge is 0.310 e. The smallest absolute Gasteiger partial charge is 0.246 e. The van der Waals surface area contributed by atoms with Crippen LogP contribution in [0.3, 0.4) is 0 Å². The third-order valence-corrected chi connectivity index (χ3v) is 5.88. The molecular weight excluding hydrogens is 288 g/mol. The lowest BCUT2D eigenvalue weighted by atomic mass is 10.0. The van der Waals surface area contributed by atoms with Crippen molar-refractivity contribution in [3.63, 3.8) is 0 Å². The van der Waals surface area contributed by atoms with Crippen molar-refractivity contribution in [2.24, 2.45) is 0 Å². The molecule has 21 heavy (non-hydrogen) atoms. The van der Waals surface area contributed by atoms with Gasteiger partial charge in [0.05, 0.1) is 11.9 Å². The molecule has 2 rings (SSSR count). The zero-order valence-electron chi connectivity index (χ0n) is 13.3. The van der Waals surface area contributed by atoms with Crippen LogP contribution in [-0.2, 0) is 10.0 Å². The van der Waals surface area contributed by atoms with E-state index in [1.165, 1.54) is 6.20 Å². The van der Waals surface area contributed by atoms with Crippen molar-refractivity contribution in [3.05, 3.63) is 11.9 Å². The highest BCUT2D eigenvalue weighted by Gasteiger charge is 2.35. The molecule has 0 spiro atoms. The fourth-order valence-corrected chi connectivity index (χ4v) is 4.46. The highest BCUT2D eigenvalue weighted by atomic mass is 32.2. The molecule has 2 N–H and O–H groups in total. The van der Waals surface area contributed by atoms with Gasteiger partial charge in [-0.25, -0.2) is 8.42 Å². The molecule has 120 valence electrons. The molecule has 1 aliphatic rings. The number of nitrogens with zero attached hydrogens (tertiary/aromatic N) is 2. The number of aromatic nitrogens is 2. The summed E-state index contributed by atoms with van der Waals surface area (Å²) < 4.78 is 27.3. The van der Waals surface area contributed by atoms with E-state index in [1.54, 1.807) is 11.2 Å². The summed E-state index contributed by atoms with van der Waals surface area (Å²) in [5.74, 6) is 0. The van der Waals surface area contributed by atoms with Gasteiger partial charge in [-0.05, 0) is 40.5 Å². The molecule has 1 atom stereocenters. The maximum atomic E-state index is 12.8. The third kappa shape index (κ3) is 3.84. The molecule has 1 aromatic rings. The number of hydrogen-bond donors (Lipinski definition) is 2. The van der Waals surface area contributed by atoms with Gasteiger partial charge in [0.1, 0.15) is 4.90 Å². The van der Waals surface area contributed by atoms with Gasteiger partial charge >= 0.3 is 0 Å². The summed E-state index contributed by atoms with van der Waals surface area (Å²) in [6, 6.07) is 0.0114. The van der Waals surface area contributed by atoms with E-state index in [1.807, 2.05) is 0 Å². The molecule has 0 aromatic carbocycles. The standard InChI is InChI=1S/C14H26N4O2S/c1-11-13(10-16-17-11)21(19,20)18-8-6-5-7-12(18)9-15-14(2,3)4/h10,12,15H,5-9H2,1-4H3,(H,16,17). The quantitative estimate of drug-likeness (QED) is 0.886. The van der Waals surface area contributed by atoms with Gasteiger partial charge in [-0.15, -0.1) is 0 Å². The fourth-order valence-electron chi connectivity index (χ4n) is 2.64. The first-order valence-corrected chi connectivity index (χ1v) is 8.93. The molecule has 1 fully saturated rings. The van der Waals surface area contributed by atoms with Gasteiger partial charge in [0, 0.05) is 24.7 Å². The van der Waals surface area contributed by atoms with Crippen molar-refractivity contribution in [3.8, 4) is 0 Å². The zero-order valence-corrected chi connectivity index (χ0v) is 14.1. The predicted octanol–water partition coefficient (Wildman–Crippen LogP) is 1.65. The SMILES string of the molecule is Cc1[nH]ncc1S(=O)(=O)N1CCCCC1CNC(C)(C)C. The average molecular weight is 314 g/mol. The number of sulfonamides is 1. The van der Waals surface area contributed by atoms with E-state index in [-0.39, 0.29) is 11.6 Å². The van der Waals surface area contributed by atoms with Gasteiger partial charge in [-0.3, -0.25) is 5.10 Å². The molecule has 1 aliphatic heterocycles. The summed E-state index contributed by atoms with van der Waals surface area (Å²) >= 11 is 0. The second-order valence-electron chi connectivity index (χ2n) is 6.76. The van der Waals surface area contributed by atoms with E-state index in [0.29, 0.717) is 23.7 Å². The lowest BCUT2D eigenvalue weighted by Crippen LogP contribution is -2.51. The van der Waals surface area contributed by atoms with Crippen LogP contribution in [0.5, 0.6) is 0 Å². The Balaban J connectivity index is 2.20. The number of rotatable bonds is 4. The van der Waals surface area contributed by atoms with Crippen LogP contribution in [-0.4, -0.2) is 47.6 Å². The fraction of sp³-hybridized carbons (Fsp3) is 0.786. The Bertz CT molecular complexity index is 574. The Kier molecular flexibility index (Phi) is 4.75.